The van der Waals surface area contributed by atoms with Crippen LogP contribution in [0.3, 0.4) is 0 Å². The lowest BCUT2D eigenvalue weighted by molar-refractivity contribution is 0.577. The lowest BCUT2D eigenvalue weighted by Gasteiger charge is -2.52. The predicted molar refractivity (Wildman–Crippen MR) is 90.6 cm³/mol. The number of hydrogen-bond acceptors (Lipinski definition) is 2. The van der Waals surface area contributed by atoms with Gasteiger partial charge in [-0.3, -0.25) is 0 Å². The lowest BCUT2D eigenvalue weighted by atomic mass is 10.2. The van der Waals surface area contributed by atoms with E-state index in [1.54, 1.807) is 0 Å². The first-order valence-corrected chi connectivity index (χ1v) is 10.6. The maximum absolute atomic E-state index is 13.5. The van der Waals surface area contributed by atoms with Crippen molar-refractivity contribution in [2.24, 2.45) is 0 Å². The summed E-state index contributed by atoms with van der Waals surface area (Å²) in [4.78, 5) is 0. The summed E-state index contributed by atoms with van der Waals surface area (Å²) < 4.78 is 27.0. The summed E-state index contributed by atoms with van der Waals surface area (Å²) in [7, 11) is -5.33. The van der Waals surface area contributed by atoms with E-state index in [9.17, 15) is 9.13 Å². The maximum Gasteiger partial charge on any atom is 0.173 e. The van der Waals surface area contributed by atoms with Crippen molar-refractivity contribution < 1.29 is 9.13 Å². The molecule has 4 aliphatic heterocycles. The molecule has 2 unspecified atom stereocenters. The van der Waals surface area contributed by atoms with E-state index >= 15 is 0 Å². The minimum Gasteiger partial charge on any atom is -0.309 e. The molecule has 2 atom stereocenters. The first-order valence-electron chi connectivity index (χ1n) is 7.19. The molecule has 0 aromatic heterocycles. The monoisotopic (exact) mass is 322 g/mol. The molecule has 0 saturated carbocycles. The van der Waals surface area contributed by atoms with E-state index in [4.69, 9.17) is 0 Å². The minimum atomic E-state index is -2.67. The molecule has 4 heteroatoms. The van der Waals surface area contributed by atoms with Gasteiger partial charge in [0.2, 0.25) is 0 Å². The van der Waals surface area contributed by atoms with E-state index in [-0.39, 0.29) is 0 Å². The van der Waals surface area contributed by atoms with E-state index in [0.717, 1.165) is 31.9 Å². The van der Waals surface area contributed by atoms with Gasteiger partial charge in [-0.1, -0.05) is 60.7 Å². The van der Waals surface area contributed by atoms with Crippen LogP contribution in [0, 0.1) is 0 Å². The second-order valence-electron chi connectivity index (χ2n) is 5.69. The summed E-state index contributed by atoms with van der Waals surface area (Å²) >= 11 is 0. The molecule has 4 bridgehead atoms. The van der Waals surface area contributed by atoms with Gasteiger partial charge in [0.15, 0.2) is 14.3 Å². The molecule has 0 amide bonds. The number of hydrogen-bond donors (Lipinski definition) is 0. The highest BCUT2D eigenvalue weighted by atomic mass is 31.2. The average Bonchev–Trinajstić information content (AvgIpc) is 2.61. The van der Waals surface area contributed by atoms with Gasteiger partial charge < -0.3 is 9.13 Å². The number of rotatable bonds is 2. The maximum atomic E-state index is 13.5. The molecule has 2 aromatic rings. The van der Waals surface area contributed by atoms with Crippen molar-refractivity contribution in [2.45, 2.75) is 0 Å². The number of benzene rings is 2. The molecule has 6 rings (SSSR count). The number of allylic oxidation sites excluding steroid dienone is 6. The van der Waals surface area contributed by atoms with Crippen molar-refractivity contribution >= 4 is 24.9 Å². The first-order chi connectivity index (χ1) is 10.7. The molecule has 4 aliphatic rings. The third-order valence-corrected chi connectivity index (χ3v) is 11.5. The molecule has 0 radical (unpaired) electrons. The Morgan fingerprint density at radius 1 is 0.545 bits per heavy atom. The first kappa shape index (κ1) is 12.6. The third kappa shape index (κ3) is 1.18. The zero-order chi connectivity index (χ0) is 14.9. The predicted octanol–water partition coefficient (Wildman–Crippen LogP) is 4.38. The van der Waals surface area contributed by atoms with Gasteiger partial charge in [0.25, 0.3) is 0 Å². The van der Waals surface area contributed by atoms with Crippen molar-refractivity contribution in [2.75, 3.05) is 0 Å². The highest BCUT2D eigenvalue weighted by molar-refractivity contribution is 7.94. The van der Waals surface area contributed by atoms with Crippen LogP contribution in [-0.2, 0) is 9.13 Å². The van der Waals surface area contributed by atoms with Gasteiger partial charge in [0, 0.05) is 31.9 Å². The van der Waals surface area contributed by atoms with E-state index in [1.165, 1.54) is 0 Å². The standard InChI is InChI=1S/C18H12O2P2/c19-21(13-7-3-1-4-8-13)15-11-12-16-17(21)18(15)22(16,20)14-9-5-2-6-10-14/h1-12H. The zero-order valence-electron chi connectivity index (χ0n) is 11.6. The Bertz CT molecular complexity index is 928. The van der Waals surface area contributed by atoms with Gasteiger partial charge in [-0.05, 0) is 12.2 Å². The van der Waals surface area contributed by atoms with Crippen LogP contribution in [0.4, 0.5) is 0 Å². The Kier molecular flexibility index (Phi) is 2.24. The molecular weight excluding hydrogens is 310 g/mol. The smallest absolute Gasteiger partial charge is 0.173 e. The van der Waals surface area contributed by atoms with E-state index in [1.807, 2.05) is 72.8 Å². The summed E-state index contributed by atoms with van der Waals surface area (Å²) in [5.74, 6) is 0. The minimum absolute atomic E-state index is 0.802. The summed E-state index contributed by atoms with van der Waals surface area (Å²) in [6.07, 6.45) is 3.81. The fourth-order valence-corrected chi connectivity index (χ4v) is 11.6. The van der Waals surface area contributed by atoms with Crippen LogP contribution in [-0.4, -0.2) is 0 Å². The molecular formula is C18H12O2P2. The Balaban J connectivity index is 1.73. The highest BCUT2D eigenvalue weighted by Crippen LogP contribution is 2.94. The second-order valence-corrected chi connectivity index (χ2v) is 11.0. The molecule has 2 nitrogen and oxygen atoms in total. The van der Waals surface area contributed by atoms with Gasteiger partial charge in [0.1, 0.15) is 0 Å². The van der Waals surface area contributed by atoms with Crippen molar-refractivity contribution in [3.8, 4) is 0 Å². The quantitative estimate of drug-likeness (QED) is 0.769. The summed E-state index contributed by atoms with van der Waals surface area (Å²) in [6.45, 7) is 0. The summed E-state index contributed by atoms with van der Waals surface area (Å²) in [5, 5.41) is 5.04. The molecule has 0 fully saturated rings. The van der Waals surface area contributed by atoms with Crippen molar-refractivity contribution in [3.63, 3.8) is 0 Å². The topological polar surface area (TPSA) is 34.1 Å². The Hall–Kier alpha value is -1.88. The van der Waals surface area contributed by atoms with E-state index in [0.29, 0.717) is 0 Å². The Labute approximate surface area is 128 Å². The summed E-state index contributed by atoms with van der Waals surface area (Å²) in [5.41, 5.74) is 0. The molecule has 0 N–H and O–H groups in total. The van der Waals surface area contributed by atoms with Crippen molar-refractivity contribution in [3.05, 3.63) is 94.1 Å². The van der Waals surface area contributed by atoms with Gasteiger partial charge in [-0.2, -0.15) is 0 Å². The Morgan fingerprint density at radius 2 is 0.909 bits per heavy atom. The number of fused-ring (bicyclic) bond motifs is 1. The van der Waals surface area contributed by atoms with Gasteiger partial charge >= 0.3 is 0 Å². The molecule has 0 saturated heterocycles. The highest BCUT2D eigenvalue weighted by Gasteiger charge is 2.66. The van der Waals surface area contributed by atoms with E-state index in [2.05, 4.69) is 0 Å². The van der Waals surface area contributed by atoms with Crippen LogP contribution in [0.2, 0.25) is 0 Å². The fourth-order valence-electron chi connectivity index (χ4n) is 3.63. The third-order valence-electron chi connectivity index (χ3n) is 4.66. The van der Waals surface area contributed by atoms with Crippen LogP contribution in [0.1, 0.15) is 0 Å². The Morgan fingerprint density at radius 3 is 1.23 bits per heavy atom. The lowest BCUT2D eigenvalue weighted by Crippen LogP contribution is -2.33. The van der Waals surface area contributed by atoms with Crippen LogP contribution >= 0.6 is 14.3 Å². The van der Waals surface area contributed by atoms with E-state index < -0.39 is 14.3 Å². The molecule has 106 valence electrons. The average molecular weight is 322 g/mol. The second kappa shape index (κ2) is 3.90. The van der Waals surface area contributed by atoms with Crippen LogP contribution in [0.15, 0.2) is 94.1 Å². The molecule has 22 heavy (non-hydrogen) atoms. The zero-order valence-corrected chi connectivity index (χ0v) is 13.4. The van der Waals surface area contributed by atoms with Crippen molar-refractivity contribution in [1.82, 2.24) is 0 Å². The summed E-state index contributed by atoms with van der Waals surface area (Å²) in [6, 6.07) is 19.1. The van der Waals surface area contributed by atoms with Crippen LogP contribution < -0.4 is 10.6 Å². The van der Waals surface area contributed by atoms with Crippen molar-refractivity contribution in [1.29, 1.82) is 0 Å². The van der Waals surface area contributed by atoms with Gasteiger partial charge in [-0.15, -0.1) is 0 Å². The largest absolute Gasteiger partial charge is 0.309 e. The molecule has 2 aromatic carbocycles. The molecule has 4 heterocycles. The molecule has 0 spiro atoms. The molecule has 0 aliphatic carbocycles. The van der Waals surface area contributed by atoms with Gasteiger partial charge in [0.05, 0.1) is 0 Å². The normalized spacial score (nSPS) is 30.9. The van der Waals surface area contributed by atoms with Crippen LogP contribution in [0.25, 0.3) is 0 Å². The van der Waals surface area contributed by atoms with Gasteiger partial charge in [-0.25, -0.2) is 0 Å². The van der Waals surface area contributed by atoms with Crippen LogP contribution in [0.5, 0.6) is 0 Å². The SMILES string of the molecule is O=P1(c2ccccc2)C2=CC=C3C1=C2P3(=O)c1ccccc1. The fraction of sp³-hybridized carbons (Fsp3) is 0.